The number of aryl methyl sites for hydroxylation is 1. The summed E-state index contributed by atoms with van der Waals surface area (Å²) in [5.74, 6) is 0.480. The van der Waals surface area contributed by atoms with E-state index in [4.69, 9.17) is 9.47 Å². The summed E-state index contributed by atoms with van der Waals surface area (Å²) in [4.78, 5) is 19.6. The Labute approximate surface area is 156 Å². The minimum absolute atomic E-state index is 0.234. The average molecular weight is 360 g/mol. The number of ether oxygens (including phenoxy) is 2. The molecule has 0 fully saturated rings. The monoisotopic (exact) mass is 360 g/mol. The molecule has 2 aromatic heterocycles. The average Bonchev–Trinajstić information content (AvgIpc) is 3.00. The highest BCUT2D eigenvalue weighted by Gasteiger charge is 2.13. The zero-order valence-electron chi connectivity index (χ0n) is 15.3. The molecule has 0 atom stereocenters. The predicted octanol–water partition coefficient (Wildman–Crippen LogP) is 4.32. The van der Waals surface area contributed by atoms with E-state index in [1.54, 1.807) is 0 Å². The minimum atomic E-state index is -0.259. The van der Waals surface area contributed by atoms with Gasteiger partial charge in [0.15, 0.2) is 0 Å². The zero-order valence-corrected chi connectivity index (χ0v) is 15.3. The molecule has 136 valence electrons. The van der Waals surface area contributed by atoms with Gasteiger partial charge < -0.3 is 14.5 Å². The summed E-state index contributed by atoms with van der Waals surface area (Å²) in [5.41, 5.74) is 4.70. The third-order valence-electron chi connectivity index (χ3n) is 4.68. The normalized spacial score (nSPS) is 11.0. The molecule has 4 aromatic rings. The number of fused-ring (bicyclic) bond motifs is 2. The van der Waals surface area contributed by atoms with Gasteiger partial charge in [-0.15, -0.1) is 0 Å². The number of rotatable bonds is 5. The van der Waals surface area contributed by atoms with Crippen LogP contribution in [-0.2, 0) is 22.6 Å². The number of aromatic amines is 1. The van der Waals surface area contributed by atoms with Crippen molar-refractivity contribution in [2.24, 2.45) is 0 Å². The van der Waals surface area contributed by atoms with Crippen LogP contribution in [0.1, 0.15) is 17.0 Å². The Balaban J connectivity index is 1.57. The quantitative estimate of drug-likeness (QED) is 0.538. The first-order valence-corrected chi connectivity index (χ1v) is 8.79. The molecule has 5 nitrogen and oxygen atoms in total. The molecular weight excluding hydrogens is 340 g/mol. The number of aromatic nitrogens is 2. The molecule has 5 heteroatoms. The lowest BCUT2D eigenvalue weighted by Gasteiger charge is -2.07. The molecule has 0 amide bonds. The molecule has 0 saturated carbocycles. The number of hydrogen-bond acceptors (Lipinski definition) is 4. The number of benzene rings is 2. The van der Waals surface area contributed by atoms with Gasteiger partial charge >= 0.3 is 5.97 Å². The van der Waals surface area contributed by atoms with Crippen LogP contribution in [0.4, 0.5) is 0 Å². The van der Waals surface area contributed by atoms with Gasteiger partial charge in [0.2, 0.25) is 0 Å². The van der Waals surface area contributed by atoms with Crippen molar-refractivity contribution in [1.29, 1.82) is 0 Å². The van der Waals surface area contributed by atoms with Gasteiger partial charge in [-0.25, -0.2) is 4.98 Å². The van der Waals surface area contributed by atoms with E-state index < -0.39 is 0 Å². The Morgan fingerprint density at radius 3 is 2.81 bits per heavy atom. The SMILES string of the molecule is COC(=O)Cc1c(C)[nH]c2ccc(OCc3ccc4ccccc4n3)cc12. The van der Waals surface area contributed by atoms with Crippen molar-refractivity contribution in [3.8, 4) is 5.75 Å². The fraction of sp³-hybridized carbons (Fsp3) is 0.182. The van der Waals surface area contributed by atoms with Crippen LogP contribution in [0.5, 0.6) is 5.75 Å². The Kier molecular flexibility index (Phi) is 4.50. The van der Waals surface area contributed by atoms with E-state index in [0.29, 0.717) is 6.61 Å². The van der Waals surface area contributed by atoms with Gasteiger partial charge in [0.05, 0.1) is 24.7 Å². The molecule has 1 N–H and O–H groups in total. The van der Waals surface area contributed by atoms with Crippen LogP contribution >= 0.6 is 0 Å². The molecule has 2 heterocycles. The maximum atomic E-state index is 11.7. The first-order valence-electron chi connectivity index (χ1n) is 8.79. The van der Waals surface area contributed by atoms with E-state index in [1.165, 1.54) is 7.11 Å². The summed E-state index contributed by atoms with van der Waals surface area (Å²) < 4.78 is 10.8. The highest BCUT2D eigenvalue weighted by Crippen LogP contribution is 2.27. The number of nitrogens with one attached hydrogen (secondary N) is 1. The zero-order chi connectivity index (χ0) is 18.8. The molecule has 0 bridgehead atoms. The maximum Gasteiger partial charge on any atom is 0.310 e. The number of methoxy groups -OCH3 is 1. The van der Waals surface area contributed by atoms with Crippen LogP contribution in [0.25, 0.3) is 21.8 Å². The number of para-hydroxylation sites is 1. The van der Waals surface area contributed by atoms with E-state index in [1.807, 2.05) is 61.5 Å². The number of carbonyl (C=O) groups excluding carboxylic acids is 1. The topological polar surface area (TPSA) is 64.2 Å². The van der Waals surface area contributed by atoms with Gasteiger partial charge in [0.25, 0.3) is 0 Å². The summed E-state index contributed by atoms with van der Waals surface area (Å²) in [7, 11) is 1.40. The highest BCUT2D eigenvalue weighted by molar-refractivity contribution is 5.89. The van der Waals surface area contributed by atoms with Crippen molar-refractivity contribution in [3.63, 3.8) is 0 Å². The van der Waals surface area contributed by atoms with Crippen molar-refractivity contribution in [2.45, 2.75) is 20.0 Å². The number of esters is 1. The molecule has 0 radical (unpaired) electrons. The number of carbonyl (C=O) groups is 1. The predicted molar refractivity (Wildman–Crippen MR) is 105 cm³/mol. The standard InChI is InChI=1S/C22H20N2O3/c1-14-18(12-22(25)26-2)19-11-17(9-10-21(19)23-14)27-13-16-8-7-15-5-3-4-6-20(15)24-16/h3-11,23H,12-13H2,1-2H3. The smallest absolute Gasteiger partial charge is 0.310 e. The Morgan fingerprint density at radius 1 is 1.11 bits per heavy atom. The summed E-state index contributed by atoms with van der Waals surface area (Å²) in [6.45, 7) is 2.34. The van der Waals surface area contributed by atoms with E-state index >= 15 is 0 Å². The first kappa shape index (κ1) is 17.1. The molecule has 27 heavy (non-hydrogen) atoms. The lowest BCUT2D eigenvalue weighted by molar-refractivity contribution is -0.139. The Bertz CT molecular complexity index is 1130. The van der Waals surface area contributed by atoms with E-state index in [0.717, 1.165) is 44.5 Å². The van der Waals surface area contributed by atoms with Crippen LogP contribution in [0, 0.1) is 6.92 Å². The molecule has 0 saturated heterocycles. The molecule has 4 rings (SSSR count). The molecule has 0 aliphatic carbocycles. The van der Waals surface area contributed by atoms with Crippen molar-refractivity contribution in [3.05, 3.63) is 71.5 Å². The van der Waals surface area contributed by atoms with Crippen molar-refractivity contribution < 1.29 is 14.3 Å². The van der Waals surface area contributed by atoms with E-state index in [2.05, 4.69) is 9.97 Å². The van der Waals surface area contributed by atoms with Gasteiger partial charge in [0, 0.05) is 22.0 Å². The lowest BCUT2D eigenvalue weighted by atomic mass is 10.1. The van der Waals surface area contributed by atoms with Gasteiger partial charge in [-0.1, -0.05) is 24.3 Å². The maximum absolute atomic E-state index is 11.7. The molecule has 0 aliphatic heterocycles. The van der Waals surface area contributed by atoms with E-state index in [9.17, 15) is 4.79 Å². The number of pyridine rings is 1. The molecular formula is C22H20N2O3. The second-order valence-corrected chi connectivity index (χ2v) is 6.47. The summed E-state index contributed by atoms with van der Waals surface area (Å²) in [6, 6.07) is 17.9. The van der Waals surface area contributed by atoms with Crippen LogP contribution in [-0.4, -0.2) is 23.0 Å². The van der Waals surface area contributed by atoms with Crippen molar-refractivity contribution >= 4 is 27.8 Å². The van der Waals surface area contributed by atoms with Crippen LogP contribution in [0.2, 0.25) is 0 Å². The number of nitrogens with zero attached hydrogens (tertiary/aromatic N) is 1. The number of H-pyrrole nitrogens is 1. The third kappa shape index (κ3) is 3.49. The summed E-state index contributed by atoms with van der Waals surface area (Å²) in [6.07, 6.45) is 0.234. The van der Waals surface area contributed by atoms with Gasteiger partial charge in [-0.2, -0.15) is 0 Å². The second kappa shape index (κ2) is 7.11. The largest absolute Gasteiger partial charge is 0.487 e. The molecule has 0 unspecified atom stereocenters. The molecule has 0 aliphatic rings. The summed E-state index contributed by atoms with van der Waals surface area (Å²) >= 11 is 0. The van der Waals surface area contributed by atoms with Crippen LogP contribution in [0.15, 0.2) is 54.6 Å². The van der Waals surface area contributed by atoms with Crippen LogP contribution in [0.3, 0.4) is 0 Å². The van der Waals surface area contributed by atoms with E-state index in [-0.39, 0.29) is 12.4 Å². The van der Waals surface area contributed by atoms with Crippen LogP contribution < -0.4 is 4.74 Å². The second-order valence-electron chi connectivity index (χ2n) is 6.47. The Morgan fingerprint density at radius 2 is 1.96 bits per heavy atom. The van der Waals surface area contributed by atoms with Gasteiger partial charge in [0.1, 0.15) is 12.4 Å². The fourth-order valence-electron chi connectivity index (χ4n) is 3.24. The highest BCUT2D eigenvalue weighted by atomic mass is 16.5. The lowest BCUT2D eigenvalue weighted by Crippen LogP contribution is -2.05. The van der Waals surface area contributed by atoms with Gasteiger partial charge in [-0.05, 0) is 42.8 Å². The molecule has 2 aromatic carbocycles. The first-order chi connectivity index (χ1) is 13.1. The Hall–Kier alpha value is -3.34. The van der Waals surface area contributed by atoms with Crippen molar-refractivity contribution in [2.75, 3.05) is 7.11 Å². The van der Waals surface area contributed by atoms with Crippen molar-refractivity contribution in [1.82, 2.24) is 9.97 Å². The minimum Gasteiger partial charge on any atom is -0.487 e. The molecule has 0 spiro atoms. The number of hydrogen-bond donors (Lipinski definition) is 1. The summed E-state index contributed by atoms with van der Waals surface area (Å²) in [5, 5.41) is 2.08. The van der Waals surface area contributed by atoms with Gasteiger partial charge in [-0.3, -0.25) is 4.79 Å². The fourth-order valence-corrected chi connectivity index (χ4v) is 3.24. The third-order valence-corrected chi connectivity index (χ3v) is 4.68.